The average molecular weight is 246 g/mol. The lowest BCUT2D eigenvalue weighted by atomic mass is 10.1. The maximum atomic E-state index is 13.1. The predicted molar refractivity (Wildman–Crippen MR) is 61.5 cm³/mol. The van der Waals surface area contributed by atoms with E-state index in [2.05, 4.69) is 10.1 Å². The number of hydrogen-bond acceptors (Lipinski definition) is 4. The normalized spacial score (nSPS) is 14.1. The Morgan fingerprint density at radius 2 is 2.33 bits per heavy atom. The highest BCUT2D eigenvalue weighted by atomic mass is 19.1. The van der Waals surface area contributed by atoms with Crippen molar-refractivity contribution in [1.29, 1.82) is 5.41 Å². The molecule has 2 aromatic rings. The smallest absolute Gasteiger partial charge is 0.223 e. The predicted octanol–water partition coefficient (Wildman–Crippen LogP) is 1.86. The molecule has 0 spiro atoms. The van der Waals surface area contributed by atoms with Crippen molar-refractivity contribution < 1.29 is 8.91 Å². The summed E-state index contributed by atoms with van der Waals surface area (Å²) in [6, 6.07) is 4.51. The van der Waals surface area contributed by atoms with Gasteiger partial charge in [-0.05, 0) is 17.7 Å². The fourth-order valence-corrected chi connectivity index (χ4v) is 2.07. The van der Waals surface area contributed by atoms with E-state index in [1.807, 2.05) is 0 Å². The number of rotatable bonds is 2. The van der Waals surface area contributed by atoms with Crippen molar-refractivity contribution in [2.75, 3.05) is 0 Å². The van der Waals surface area contributed by atoms with Crippen LogP contribution in [0.3, 0.4) is 0 Å². The number of hydrogen-bond donors (Lipinski definition) is 1. The highest BCUT2D eigenvalue weighted by Gasteiger charge is 2.25. The molecule has 0 bridgehead atoms. The van der Waals surface area contributed by atoms with Crippen molar-refractivity contribution >= 4 is 5.84 Å². The van der Waals surface area contributed by atoms with Crippen LogP contribution in [0.15, 0.2) is 22.7 Å². The highest BCUT2D eigenvalue weighted by molar-refractivity contribution is 6.00. The van der Waals surface area contributed by atoms with Crippen molar-refractivity contribution in [2.24, 2.45) is 0 Å². The van der Waals surface area contributed by atoms with Crippen LogP contribution in [0, 0.1) is 18.2 Å². The van der Waals surface area contributed by atoms with Gasteiger partial charge in [-0.3, -0.25) is 5.41 Å². The van der Waals surface area contributed by atoms with Crippen LogP contribution in [-0.4, -0.2) is 20.9 Å². The molecule has 18 heavy (non-hydrogen) atoms. The van der Waals surface area contributed by atoms with Gasteiger partial charge in [-0.1, -0.05) is 11.2 Å². The standard InChI is InChI=1S/C12H11FN4O/c1-7-15-11(16-18-7)6-17-5-8-2-3-9(13)4-10(8)12(17)14/h2-4,14H,5-6H2,1H3. The van der Waals surface area contributed by atoms with Crippen LogP contribution in [0.1, 0.15) is 22.8 Å². The van der Waals surface area contributed by atoms with E-state index in [4.69, 9.17) is 9.93 Å². The first-order valence-electron chi connectivity index (χ1n) is 5.55. The molecule has 1 aliphatic heterocycles. The van der Waals surface area contributed by atoms with Gasteiger partial charge in [0.1, 0.15) is 11.7 Å². The molecule has 0 aliphatic carbocycles. The maximum absolute atomic E-state index is 13.1. The Labute approximate surface area is 103 Å². The summed E-state index contributed by atoms with van der Waals surface area (Å²) in [6.45, 7) is 2.68. The number of amidine groups is 1. The van der Waals surface area contributed by atoms with Crippen LogP contribution < -0.4 is 0 Å². The zero-order valence-electron chi connectivity index (χ0n) is 9.77. The largest absolute Gasteiger partial charge is 0.345 e. The molecule has 92 valence electrons. The molecular weight excluding hydrogens is 235 g/mol. The van der Waals surface area contributed by atoms with Crippen LogP contribution in [0.25, 0.3) is 0 Å². The number of nitrogens with one attached hydrogen (secondary N) is 1. The van der Waals surface area contributed by atoms with Gasteiger partial charge in [-0.15, -0.1) is 0 Å². The number of halogens is 1. The van der Waals surface area contributed by atoms with Crippen molar-refractivity contribution in [2.45, 2.75) is 20.0 Å². The topological polar surface area (TPSA) is 66.0 Å². The van der Waals surface area contributed by atoms with E-state index in [1.165, 1.54) is 12.1 Å². The summed E-state index contributed by atoms with van der Waals surface area (Å²) in [4.78, 5) is 5.88. The minimum Gasteiger partial charge on any atom is -0.345 e. The van der Waals surface area contributed by atoms with Gasteiger partial charge in [0.05, 0.1) is 6.54 Å². The SMILES string of the molecule is Cc1nc(CN2Cc3ccc(F)cc3C2=N)no1. The van der Waals surface area contributed by atoms with Gasteiger partial charge in [0, 0.05) is 19.0 Å². The lowest BCUT2D eigenvalue weighted by Gasteiger charge is -2.14. The Bertz CT molecular complexity index is 622. The average Bonchev–Trinajstić information content (AvgIpc) is 2.86. The molecule has 5 nitrogen and oxygen atoms in total. The van der Waals surface area contributed by atoms with Crippen LogP contribution in [0.4, 0.5) is 4.39 Å². The summed E-state index contributed by atoms with van der Waals surface area (Å²) in [5, 5.41) is 11.8. The van der Waals surface area contributed by atoms with Gasteiger partial charge in [-0.25, -0.2) is 4.39 Å². The minimum absolute atomic E-state index is 0.298. The third-order valence-electron chi connectivity index (χ3n) is 2.91. The number of benzene rings is 1. The molecule has 0 unspecified atom stereocenters. The summed E-state index contributed by atoms with van der Waals surface area (Å²) in [5.74, 6) is 1.01. The second-order valence-corrected chi connectivity index (χ2v) is 4.24. The molecule has 1 aromatic heterocycles. The number of aryl methyl sites for hydroxylation is 1. The fraction of sp³-hybridized carbons (Fsp3) is 0.250. The summed E-state index contributed by atoms with van der Waals surface area (Å²) >= 11 is 0. The molecule has 3 rings (SSSR count). The fourth-order valence-electron chi connectivity index (χ4n) is 2.07. The molecule has 1 aliphatic rings. The Morgan fingerprint density at radius 3 is 3.06 bits per heavy atom. The monoisotopic (exact) mass is 246 g/mol. The Kier molecular flexibility index (Phi) is 2.36. The highest BCUT2D eigenvalue weighted by Crippen LogP contribution is 2.24. The molecular formula is C12H11FN4O. The number of nitrogens with zero attached hydrogens (tertiary/aromatic N) is 3. The maximum Gasteiger partial charge on any atom is 0.223 e. The van der Waals surface area contributed by atoms with E-state index in [1.54, 1.807) is 17.9 Å². The summed E-state index contributed by atoms with van der Waals surface area (Å²) < 4.78 is 18.0. The second kappa shape index (κ2) is 3.90. The van der Waals surface area contributed by atoms with Gasteiger partial charge < -0.3 is 9.42 Å². The molecule has 2 heterocycles. The van der Waals surface area contributed by atoms with Crippen molar-refractivity contribution in [1.82, 2.24) is 15.0 Å². The quantitative estimate of drug-likeness (QED) is 0.878. The van der Waals surface area contributed by atoms with Gasteiger partial charge in [0.25, 0.3) is 0 Å². The van der Waals surface area contributed by atoms with Gasteiger partial charge >= 0.3 is 0 Å². The summed E-state index contributed by atoms with van der Waals surface area (Å²) in [7, 11) is 0. The zero-order valence-corrected chi connectivity index (χ0v) is 9.77. The van der Waals surface area contributed by atoms with E-state index in [9.17, 15) is 4.39 Å². The second-order valence-electron chi connectivity index (χ2n) is 4.24. The zero-order chi connectivity index (χ0) is 12.7. The van der Waals surface area contributed by atoms with Crippen LogP contribution in [-0.2, 0) is 13.1 Å². The van der Waals surface area contributed by atoms with Gasteiger partial charge in [0.2, 0.25) is 5.89 Å². The number of aromatic nitrogens is 2. The summed E-state index contributed by atoms with van der Waals surface area (Å²) in [5.41, 5.74) is 1.58. The Morgan fingerprint density at radius 1 is 1.50 bits per heavy atom. The van der Waals surface area contributed by atoms with Crippen molar-refractivity contribution in [3.63, 3.8) is 0 Å². The van der Waals surface area contributed by atoms with Crippen molar-refractivity contribution in [3.8, 4) is 0 Å². The third kappa shape index (κ3) is 1.75. The van der Waals surface area contributed by atoms with E-state index in [0.29, 0.717) is 36.2 Å². The molecule has 0 saturated carbocycles. The molecule has 6 heteroatoms. The van der Waals surface area contributed by atoms with Gasteiger partial charge in [0.15, 0.2) is 5.82 Å². The lowest BCUT2D eigenvalue weighted by Crippen LogP contribution is -2.23. The van der Waals surface area contributed by atoms with E-state index >= 15 is 0 Å². The van der Waals surface area contributed by atoms with Crippen molar-refractivity contribution in [3.05, 3.63) is 46.9 Å². The first-order chi connectivity index (χ1) is 8.63. The third-order valence-corrected chi connectivity index (χ3v) is 2.91. The molecule has 0 fully saturated rings. The van der Waals surface area contributed by atoms with Crippen LogP contribution in [0.5, 0.6) is 0 Å². The molecule has 1 aromatic carbocycles. The Balaban J connectivity index is 1.84. The van der Waals surface area contributed by atoms with E-state index in [-0.39, 0.29) is 5.82 Å². The van der Waals surface area contributed by atoms with E-state index in [0.717, 1.165) is 5.56 Å². The summed E-state index contributed by atoms with van der Waals surface area (Å²) in [6.07, 6.45) is 0. The molecule has 0 amide bonds. The lowest BCUT2D eigenvalue weighted by molar-refractivity contribution is 0.363. The first-order valence-corrected chi connectivity index (χ1v) is 5.55. The molecule has 1 N–H and O–H groups in total. The van der Waals surface area contributed by atoms with Crippen LogP contribution in [0.2, 0.25) is 0 Å². The van der Waals surface area contributed by atoms with E-state index < -0.39 is 0 Å². The van der Waals surface area contributed by atoms with Crippen LogP contribution >= 0.6 is 0 Å². The molecule has 0 saturated heterocycles. The first kappa shape index (κ1) is 10.9. The molecule has 0 radical (unpaired) electrons. The minimum atomic E-state index is -0.323. The van der Waals surface area contributed by atoms with Gasteiger partial charge in [-0.2, -0.15) is 4.98 Å². The number of fused-ring (bicyclic) bond motifs is 1. The Hall–Kier alpha value is -2.24. The molecule has 0 atom stereocenters.